The number of aryl methyl sites for hydroxylation is 1. The second kappa shape index (κ2) is 7.71. The van der Waals surface area contributed by atoms with Gasteiger partial charge in [0, 0.05) is 32.9 Å². The van der Waals surface area contributed by atoms with E-state index in [-0.39, 0.29) is 17.1 Å². The lowest BCUT2D eigenvalue weighted by molar-refractivity contribution is -0.134. The van der Waals surface area contributed by atoms with E-state index in [4.69, 9.17) is 14.2 Å². The summed E-state index contributed by atoms with van der Waals surface area (Å²) in [6.07, 6.45) is 0.588. The Morgan fingerprint density at radius 2 is 1.48 bits per heavy atom. The molecule has 1 aliphatic rings. The molecular formula is C23H19NO7. The topological polar surface area (TPSA) is 101 Å². The number of carbonyl (C=O) groups is 3. The number of hydrogen-bond donors (Lipinski definition) is 0. The molecule has 0 fully saturated rings. The molecule has 0 bridgehead atoms. The van der Waals surface area contributed by atoms with Crippen LogP contribution in [-0.4, -0.2) is 22.5 Å². The summed E-state index contributed by atoms with van der Waals surface area (Å²) in [4.78, 5) is 47.4. The third-order valence-electron chi connectivity index (χ3n) is 4.90. The van der Waals surface area contributed by atoms with Gasteiger partial charge in [-0.2, -0.15) is 0 Å². The van der Waals surface area contributed by atoms with Gasteiger partial charge in [0.15, 0.2) is 11.5 Å². The number of esters is 3. The fraction of sp³-hybridized carbons (Fsp3) is 0.217. The maximum Gasteiger partial charge on any atom is 0.308 e. The Kier molecular flexibility index (Phi) is 5.06. The molecule has 0 N–H and O–H groups in total. The van der Waals surface area contributed by atoms with Gasteiger partial charge in [-0.1, -0.05) is 0 Å². The third-order valence-corrected chi connectivity index (χ3v) is 4.90. The predicted molar refractivity (Wildman–Crippen MR) is 111 cm³/mol. The SMILES string of the molecule is CC(=O)Oc1ccc2c(c1)CCn1c-2cc2cc(OC(C)=O)c(OC(C)=O)cc2c1=O. The van der Waals surface area contributed by atoms with Crippen molar-refractivity contribution in [3.63, 3.8) is 0 Å². The van der Waals surface area contributed by atoms with Crippen molar-refractivity contribution in [2.24, 2.45) is 0 Å². The molecule has 158 valence electrons. The van der Waals surface area contributed by atoms with E-state index < -0.39 is 17.9 Å². The van der Waals surface area contributed by atoms with E-state index in [0.717, 1.165) is 11.1 Å². The van der Waals surface area contributed by atoms with Crippen LogP contribution in [0.1, 0.15) is 26.3 Å². The summed E-state index contributed by atoms with van der Waals surface area (Å²) in [5, 5.41) is 0.885. The highest BCUT2D eigenvalue weighted by molar-refractivity contribution is 5.90. The largest absolute Gasteiger partial charge is 0.427 e. The van der Waals surface area contributed by atoms with Crippen molar-refractivity contribution in [1.29, 1.82) is 0 Å². The number of carbonyl (C=O) groups excluding carboxylic acids is 3. The second-order valence-corrected chi connectivity index (χ2v) is 7.22. The second-order valence-electron chi connectivity index (χ2n) is 7.22. The molecule has 2 aromatic carbocycles. The average Bonchev–Trinajstić information content (AvgIpc) is 2.67. The molecule has 0 aliphatic carbocycles. The molecular weight excluding hydrogens is 402 g/mol. The molecule has 0 atom stereocenters. The highest BCUT2D eigenvalue weighted by Gasteiger charge is 2.22. The van der Waals surface area contributed by atoms with Crippen LogP contribution in [0.15, 0.2) is 41.2 Å². The van der Waals surface area contributed by atoms with Crippen LogP contribution in [0, 0.1) is 0 Å². The fourth-order valence-corrected chi connectivity index (χ4v) is 3.76. The first-order valence-corrected chi connectivity index (χ1v) is 9.63. The van der Waals surface area contributed by atoms with Crippen LogP contribution in [0.2, 0.25) is 0 Å². The minimum atomic E-state index is -0.594. The van der Waals surface area contributed by atoms with Gasteiger partial charge < -0.3 is 18.8 Å². The van der Waals surface area contributed by atoms with Gasteiger partial charge in [-0.25, -0.2) is 0 Å². The Morgan fingerprint density at radius 1 is 0.839 bits per heavy atom. The number of fused-ring (bicyclic) bond motifs is 4. The number of ether oxygens (including phenoxy) is 3. The molecule has 0 amide bonds. The zero-order valence-corrected chi connectivity index (χ0v) is 17.2. The van der Waals surface area contributed by atoms with Crippen molar-refractivity contribution < 1.29 is 28.6 Å². The predicted octanol–water partition coefficient (Wildman–Crippen LogP) is 3.00. The van der Waals surface area contributed by atoms with Gasteiger partial charge >= 0.3 is 17.9 Å². The molecule has 8 nitrogen and oxygen atoms in total. The average molecular weight is 421 g/mol. The summed E-state index contributed by atoms with van der Waals surface area (Å²) >= 11 is 0. The smallest absolute Gasteiger partial charge is 0.308 e. The van der Waals surface area contributed by atoms with Crippen LogP contribution in [0.25, 0.3) is 22.0 Å². The first-order valence-electron chi connectivity index (χ1n) is 9.63. The minimum Gasteiger partial charge on any atom is -0.427 e. The number of nitrogens with zero attached hydrogens (tertiary/aromatic N) is 1. The highest BCUT2D eigenvalue weighted by atomic mass is 16.6. The van der Waals surface area contributed by atoms with Gasteiger partial charge in [0.25, 0.3) is 5.56 Å². The Labute approximate surface area is 177 Å². The lowest BCUT2D eigenvalue weighted by Gasteiger charge is -2.23. The van der Waals surface area contributed by atoms with Crippen LogP contribution in [0.3, 0.4) is 0 Å². The van der Waals surface area contributed by atoms with Gasteiger partial charge in [0.2, 0.25) is 0 Å². The van der Waals surface area contributed by atoms with E-state index in [2.05, 4.69) is 0 Å². The molecule has 1 aromatic heterocycles. The summed E-state index contributed by atoms with van der Waals surface area (Å²) in [6, 6.07) is 10.0. The van der Waals surface area contributed by atoms with Crippen molar-refractivity contribution in [1.82, 2.24) is 4.57 Å². The number of pyridine rings is 1. The van der Waals surface area contributed by atoms with E-state index in [0.29, 0.717) is 35.2 Å². The molecule has 3 aromatic rings. The molecule has 0 unspecified atom stereocenters. The molecule has 2 heterocycles. The Hall–Kier alpha value is -3.94. The van der Waals surface area contributed by atoms with Gasteiger partial charge in [0.1, 0.15) is 5.75 Å². The van der Waals surface area contributed by atoms with Gasteiger partial charge in [-0.15, -0.1) is 0 Å². The van der Waals surface area contributed by atoms with Crippen molar-refractivity contribution in [3.05, 3.63) is 52.3 Å². The first kappa shape index (κ1) is 20.3. The zero-order valence-electron chi connectivity index (χ0n) is 17.2. The van der Waals surface area contributed by atoms with E-state index >= 15 is 0 Å². The summed E-state index contributed by atoms with van der Waals surface area (Å²) in [5.74, 6) is -1.06. The summed E-state index contributed by atoms with van der Waals surface area (Å²) in [6.45, 7) is 4.24. The third kappa shape index (κ3) is 3.92. The fourth-order valence-electron chi connectivity index (χ4n) is 3.76. The van der Waals surface area contributed by atoms with Crippen LogP contribution in [-0.2, 0) is 27.3 Å². The minimum absolute atomic E-state index is 0.00934. The number of benzene rings is 2. The van der Waals surface area contributed by atoms with Gasteiger partial charge in [0.05, 0.1) is 11.1 Å². The number of aromatic nitrogens is 1. The summed E-state index contributed by atoms with van der Waals surface area (Å²) in [5.41, 5.74) is 2.25. The monoisotopic (exact) mass is 421 g/mol. The van der Waals surface area contributed by atoms with E-state index in [9.17, 15) is 19.2 Å². The van der Waals surface area contributed by atoms with Crippen LogP contribution in [0.5, 0.6) is 17.2 Å². The van der Waals surface area contributed by atoms with E-state index in [1.165, 1.54) is 32.9 Å². The molecule has 31 heavy (non-hydrogen) atoms. The van der Waals surface area contributed by atoms with Crippen LogP contribution < -0.4 is 19.8 Å². The molecule has 0 radical (unpaired) electrons. The maximum absolute atomic E-state index is 13.2. The lowest BCUT2D eigenvalue weighted by atomic mass is 9.95. The number of rotatable bonds is 3. The normalized spacial score (nSPS) is 12.0. The van der Waals surface area contributed by atoms with E-state index in [1.54, 1.807) is 16.7 Å². The quantitative estimate of drug-likeness (QED) is 0.473. The summed E-state index contributed by atoms with van der Waals surface area (Å²) < 4.78 is 17.2. The Bertz CT molecular complexity index is 1320. The van der Waals surface area contributed by atoms with Crippen molar-refractivity contribution in [2.45, 2.75) is 33.7 Å². The lowest BCUT2D eigenvalue weighted by Crippen LogP contribution is -2.26. The van der Waals surface area contributed by atoms with Crippen LogP contribution >= 0.6 is 0 Å². The summed E-state index contributed by atoms with van der Waals surface area (Å²) in [7, 11) is 0. The zero-order chi connectivity index (χ0) is 22.3. The highest BCUT2D eigenvalue weighted by Crippen LogP contribution is 2.36. The first-order chi connectivity index (χ1) is 14.7. The molecule has 1 aliphatic heterocycles. The number of hydrogen-bond acceptors (Lipinski definition) is 7. The van der Waals surface area contributed by atoms with Gasteiger partial charge in [-0.3, -0.25) is 19.2 Å². The maximum atomic E-state index is 13.2. The van der Waals surface area contributed by atoms with Crippen LogP contribution in [0.4, 0.5) is 0 Å². The molecule has 0 spiro atoms. The van der Waals surface area contributed by atoms with Crippen molar-refractivity contribution in [3.8, 4) is 28.5 Å². The molecule has 0 saturated heterocycles. The Morgan fingerprint density at radius 3 is 2.13 bits per heavy atom. The standard InChI is InChI=1S/C23H19NO7/c1-12(25)29-17-4-5-18-15(8-17)6-7-24-20(18)9-16-10-21(30-13(2)26)22(31-14(3)27)11-19(16)23(24)28/h4-5,8-11H,6-7H2,1-3H3. The molecule has 0 saturated carbocycles. The van der Waals surface area contributed by atoms with E-state index in [1.807, 2.05) is 12.1 Å². The van der Waals surface area contributed by atoms with Crippen molar-refractivity contribution in [2.75, 3.05) is 0 Å². The molecule has 8 heteroatoms. The molecule has 4 rings (SSSR count). The van der Waals surface area contributed by atoms with Gasteiger partial charge in [-0.05, 0) is 53.8 Å². The van der Waals surface area contributed by atoms with Crippen molar-refractivity contribution >= 4 is 28.7 Å². The Balaban J connectivity index is 1.90.